The predicted molar refractivity (Wildman–Crippen MR) is 186 cm³/mol. The molecule has 2 atom stereocenters. The number of pyridine rings is 1. The van der Waals surface area contributed by atoms with Crippen LogP contribution < -0.4 is 9.64 Å². The second-order valence-corrected chi connectivity index (χ2v) is 12.3. The number of aliphatic carboxylic acids is 1. The van der Waals surface area contributed by atoms with Gasteiger partial charge in [-0.1, -0.05) is 45.7 Å². The number of carbonyl (C=O) groups excluding carboxylic acids is 1. The zero-order valence-electron chi connectivity index (χ0n) is 28.9. The molecule has 1 aliphatic heterocycles. The Morgan fingerprint density at radius 2 is 1.78 bits per heavy atom. The van der Waals surface area contributed by atoms with Gasteiger partial charge in [-0.05, 0) is 106 Å². The molecule has 2 aliphatic rings. The smallest absolute Gasteiger partial charge is 0.300 e. The highest BCUT2D eigenvalue weighted by Crippen LogP contribution is 2.45. The van der Waals surface area contributed by atoms with Crippen LogP contribution in [0.5, 0.6) is 5.75 Å². The summed E-state index contributed by atoms with van der Waals surface area (Å²) in [7, 11) is 2.10. The fourth-order valence-corrected chi connectivity index (χ4v) is 5.91. The molecule has 2 heterocycles. The molecule has 0 amide bonds. The van der Waals surface area contributed by atoms with E-state index in [0.29, 0.717) is 24.4 Å². The number of anilines is 1. The molecule has 2 fully saturated rings. The number of likely N-dealkylation sites (tertiary alicyclic amines) is 1. The summed E-state index contributed by atoms with van der Waals surface area (Å²) in [5, 5.41) is 7.42. The number of ether oxygens (including phenoxy) is 1. The molecule has 4 rings (SSSR count). The average Bonchev–Trinajstić information content (AvgIpc) is 3.81. The van der Waals surface area contributed by atoms with Gasteiger partial charge in [-0.2, -0.15) is 0 Å². The van der Waals surface area contributed by atoms with Crippen LogP contribution in [0.15, 0.2) is 42.7 Å². The molecule has 0 radical (unpaired) electrons. The van der Waals surface area contributed by atoms with Gasteiger partial charge >= 0.3 is 0 Å². The van der Waals surface area contributed by atoms with E-state index in [2.05, 4.69) is 78.7 Å². The second kappa shape index (κ2) is 21.7. The van der Waals surface area contributed by atoms with Crippen LogP contribution in [0.4, 0.5) is 5.69 Å². The van der Waals surface area contributed by atoms with Crippen LogP contribution in [0, 0.1) is 0 Å². The molecule has 1 saturated carbocycles. The number of benzene rings is 1. The van der Waals surface area contributed by atoms with Crippen LogP contribution in [0.3, 0.4) is 0 Å². The third kappa shape index (κ3) is 14.3. The van der Waals surface area contributed by atoms with Crippen LogP contribution in [0.2, 0.25) is 0 Å². The molecule has 1 saturated heterocycles. The molecule has 0 bridgehead atoms. The molecule has 0 spiro atoms. The van der Waals surface area contributed by atoms with Gasteiger partial charge < -0.3 is 24.4 Å². The van der Waals surface area contributed by atoms with E-state index in [-0.39, 0.29) is 0 Å². The predicted octanol–water partition coefficient (Wildman–Crippen LogP) is 7.24. The van der Waals surface area contributed by atoms with E-state index < -0.39 is 5.97 Å². The number of carboxylic acids is 1. The highest BCUT2D eigenvalue weighted by Gasteiger charge is 2.34. The Hall–Kier alpha value is -2.97. The van der Waals surface area contributed by atoms with Crippen molar-refractivity contribution in [1.82, 2.24) is 14.8 Å². The van der Waals surface area contributed by atoms with Gasteiger partial charge in [-0.3, -0.25) is 14.7 Å². The van der Waals surface area contributed by atoms with Crippen LogP contribution in [0.25, 0.3) is 0 Å². The maximum absolute atomic E-state index is 11.3. The minimum absolute atomic E-state index is 0.498. The van der Waals surface area contributed by atoms with Crippen molar-refractivity contribution < 1.29 is 19.4 Å². The van der Waals surface area contributed by atoms with Gasteiger partial charge in [-0.25, -0.2) is 0 Å². The standard InChI is InChI=1S/C25H40N2O2.C10H16N2.C2H4O2/c1-4-7-13-26(5-2)14-12-23-17-22(19-27(23)15-16-28)21-10-11-24(20-8-9-20)25(18-21)29-6-3;1-3-4-8-12(2)10-6-5-7-11-9-10;1-2(3)4/h10-11,16,18,20,22-23H,4-9,12-15,17,19H2,1-3H3;5-7,9H,3-4,8H2,1-2H3;1H3,(H,3,4). The monoisotopic (exact) mass is 624 g/mol. The van der Waals surface area contributed by atoms with Crippen molar-refractivity contribution in [3.63, 3.8) is 0 Å². The Labute approximate surface area is 273 Å². The minimum atomic E-state index is -0.833. The number of rotatable bonds is 17. The molecule has 2 aromatic rings. The van der Waals surface area contributed by atoms with Gasteiger partial charge in [-0.15, -0.1) is 0 Å². The van der Waals surface area contributed by atoms with Crippen molar-refractivity contribution in [2.45, 2.75) is 104 Å². The van der Waals surface area contributed by atoms with E-state index in [4.69, 9.17) is 14.6 Å². The van der Waals surface area contributed by atoms with Gasteiger partial charge in [0.15, 0.2) is 0 Å². The van der Waals surface area contributed by atoms with E-state index in [1.54, 1.807) is 6.20 Å². The number of aromatic nitrogens is 1. The highest BCUT2D eigenvalue weighted by molar-refractivity contribution is 5.63. The van der Waals surface area contributed by atoms with E-state index >= 15 is 0 Å². The zero-order chi connectivity index (χ0) is 33.0. The number of unbranched alkanes of at least 4 members (excludes halogenated alkanes) is 2. The highest BCUT2D eigenvalue weighted by atomic mass is 16.5. The van der Waals surface area contributed by atoms with Crippen molar-refractivity contribution in [2.24, 2.45) is 0 Å². The number of carbonyl (C=O) groups is 2. The zero-order valence-corrected chi connectivity index (χ0v) is 28.9. The van der Waals surface area contributed by atoms with Gasteiger partial charge in [0.2, 0.25) is 0 Å². The van der Waals surface area contributed by atoms with Crippen LogP contribution in [0.1, 0.15) is 109 Å². The largest absolute Gasteiger partial charge is 0.494 e. The molecular formula is C37H60N4O4. The van der Waals surface area contributed by atoms with Gasteiger partial charge in [0.1, 0.15) is 12.0 Å². The molecular weight excluding hydrogens is 564 g/mol. The lowest BCUT2D eigenvalue weighted by Crippen LogP contribution is -2.35. The quantitative estimate of drug-likeness (QED) is 0.184. The second-order valence-electron chi connectivity index (χ2n) is 12.3. The Balaban J connectivity index is 0.000000364. The normalized spacial score (nSPS) is 17.6. The Bertz CT molecular complexity index is 1090. The van der Waals surface area contributed by atoms with Gasteiger partial charge in [0, 0.05) is 39.3 Å². The Kier molecular flexibility index (Phi) is 18.4. The Morgan fingerprint density at radius 3 is 2.36 bits per heavy atom. The van der Waals surface area contributed by atoms with E-state index in [9.17, 15) is 4.79 Å². The summed E-state index contributed by atoms with van der Waals surface area (Å²) in [6.07, 6.45) is 14.7. The number of hydrogen-bond acceptors (Lipinski definition) is 7. The summed E-state index contributed by atoms with van der Waals surface area (Å²) in [6.45, 7) is 16.7. The van der Waals surface area contributed by atoms with Crippen LogP contribution in [-0.2, 0) is 9.59 Å². The summed E-state index contributed by atoms with van der Waals surface area (Å²) in [4.78, 5) is 31.6. The summed E-state index contributed by atoms with van der Waals surface area (Å²) in [5.41, 5.74) is 3.98. The molecule has 1 N–H and O–H groups in total. The molecule has 252 valence electrons. The summed E-state index contributed by atoms with van der Waals surface area (Å²) < 4.78 is 5.99. The van der Waals surface area contributed by atoms with Crippen LogP contribution in [-0.4, -0.2) is 91.1 Å². The third-order valence-corrected chi connectivity index (χ3v) is 8.65. The van der Waals surface area contributed by atoms with E-state index in [1.807, 2.05) is 12.3 Å². The first kappa shape index (κ1) is 38.2. The molecule has 1 aromatic heterocycles. The fraction of sp³-hybridized carbons (Fsp3) is 0.649. The van der Waals surface area contributed by atoms with Crippen molar-refractivity contribution >= 4 is 17.9 Å². The lowest BCUT2D eigenvalue weighted by atomic mass is 9.93. The number of carboxylic acid groups (broad SMARTS) is 1. The molecule has 8 heteroatoms. The number of nitrogens with zero attached hydrogens (tertiary/aromatic N) is 4. The Morgan fingerprint density at radius 1 is 1.07 bits per heavy atom. The topological polar surface area (TPSA) is 86.2 Å². The molecule has 8 nitrogen and oxygen atoms in total. The third-order valence-electron chi connectivity index (χ3n) is 8.65. The van der Waals surface area contributed by atoms with Crippen molar-refractivity contribution in [1.29, 1.82) is 0 Å². The maximum atomic E-state index is 11.3. The molecule has 1 aromatic carbocycles. The van der Waals surface area contributed by atoms with Crippen molar-refractivity contribution in [3.8, 4) is 5.75 Å². The fourth-order valence-electron chi connectivity index (χ4n) is 5.91. The first-order valence-corrected chi connectivity index (χ1v) is 17.2. The summed E-state index contributed by atoms with van der Waals surface area (Å²) in [5.74, 6) is 1.46. The summed E-state index contributed by atoms with van der Waals surface area (Å²) >= 11 is 0. The van der Waals surface area contributed by atoms with E-state index in [0.717, 1.165) is 64.6 Å². The maximum Gasteiger partial charge on any atom is 0.300 e. The number of aldehydes is 1. The minimum Gasteiger partial charge on any atom is -0.494 e. The summed E-state index contributed by atoms with van der Waals surface area (Å²) in [6, 6.07) is 11.5. The first-order chi connectivity index (χ1) is 21.8. The van der Waals surface area contributed by atoms with Crippen molar-refractivity contribution in [2.75, 3.05) is 57.8 Å². The van der Waals surface area contributed by atoms with E-state index in [1.165, 1.54) is 61.9 Å². The molecule has 45 heavy (non-hydrogen) atoms. The SMILES string of the molecule is CC(=O)O.CCCCN(C)c1cccnc1.CCCCN(CC)CCC1CC(c2ccc(C3CC3)c(OCC)c2)CN1CC=O. The molecule has 1 aliphatic carbocycles. The number of hydrogen-bond donors (Lipinski definition) is 1. The van der Waals surface area contributed by atoms with Gasteiger partial charge in [0.05, 0.1) is 25.0 Å². The average molecular weight is 625 g/mol. The van der Waals surface area contributed by atoms with Gasteiger partial charge in [0.25, 0.3) is 5.97 Å². The van der Waals surface area contributed by atoms with Crippen molar-refractivity contribution in [3.05, 3.63) is 53.9 Å². The molecule has 2 unspecified atom stereocenters. The first-order valence-electron chi connectivity index (χ1n) is 17.2. The lowest BCUT2D eigenvalue weighted by Gasteiger charge is -2.26. The lowest BCUT2D eigenvalue weighted by molar-refractivity contribution is -0.134. The van der Waals surface area contributed by atoms with Crippen LogP contribution >= 0.6 is 0 Å².